The highest BCUT2D eigenvalue weighted by Crippen LogP contribution is 2.23. The van der Waals surface area contributed by atoms with E-state index in [-0.39, 0.29) is 11.4 Å². The largest absolute Gasteiger partial charge is 0.421 e. The number of halogens is 1. The van der Waals surface area contributed by atoms with Crippen LogP contribution in [0, 0.1) is 12.7 Å². The molecule has 0 saturated carbocycles. The van der Waals surface area contributed by atoms with E-state index in [1.807, 2.05) is 6.92 Å². The molecule has 4 nitrogen and oxygen atoms in total. The summed E-state index contributed by atoms with van der Waals surface area (Å²) in [6, 6.07) is 4.54. The molecule has 1 aromatic heterocycles. The number of aromatic nitrogens is 2. The second kappa shape index (κ2) is 5.71. The lowest BCUT2D eigenvalue weighted by molar-refractivity contribution is 0.411. The molecule has 108 valence electrons. The first-order chi connectivity index (χ1) is 9.35. The van der Waals surface area contributed by atoms with Crippen molar-refractivity contribution >= 4 is 0 Å². The zero-order valence-electron chi connectivity index (χ0n) is 12.3. The Balaban J connectivity index is 2.07. The Labute approximate surface area is 118 Å². The SMILES string of the molecule is Cc1ccc(F)cc1-c1nnc(CCNC(C)(C)C)o1. The van der Waals surface area contributed by atoms with E-state index in [9.17, 15) is 4.39 Å². The molecule has 0 aliphatic heterocycles. The van der Waals surface area contributed by atoms with Crippen molar-refractivity contribution in [2.75, 3.05) is 6.54 Å². The first-order valence-electron chi connectivity index (χ1n) is 6.69. The van der Waals surface area contributed by atoms with Crippen molar-refractivity contribution < 1.29 is 8.81 Å². The quantitative estimate of drug-likeness (QED) is 0.933. The van der Waals surface area contributed by atoms with Gasteiger partial charge in [0.15, 0.2) is 0 Å². The van der Waals surface area contributed by atoms with E-state index in [1.165, 1.54) is 12.1 Å². The van der Waals surface area contributed by atoms with E-state index < -0.39 is 0 Å². The molecule has 1 heterocycles. The summed E-state index contributed by atoms with van der Waals surface area (Å²) in [6.45, 7) is 8.94. The van der Waals surface area contributed by atoms with Gasteiger partial charge in [-0.15, -0.1) is 10.2 Å². The minimum atomic E-state index is -0.306. The van der Waals surface area contributed by atoms with Gasteiger partial charge < -0.3 is 9.73 Å². The lowest BCUT2D eigenvalue weighted by Crippen LogP contribution is -2.37. The second-order valence-electron chi connectivity index (χ2n) is 5.89. The summed E-state index contributed by atoms with van der Waals surface area (Å²) in [7, 11) is 0. The highest BCUT2D eigenvalue weighted by Gasteiger charge is 2.13. The number of benzene rings is 1. The monoisotopic (exact) mass is 277 g/mol. The molecule has 0 atom stereocenters. The van der Waals surface area contributed by atoms with Crippen molar-refractivity contribution in [2.24, 2.45) is 0 Å². The topological polar surface area (TPSA) is 51.0 Å². The fourth-order valence-electron chi connectivity index (χ4n) is 1.83. The van der Waals surface area contributed by atoms with Crippen LogP contribution in [0.4, 0.5) is 4.39 Å². The third kappa shape index (κ3) is 3.87. The molecule has 0 aliphatic rings. The third-order valence-electron chi connectivity index (χ3n) is 2.89. The van der Waals surface area contributed by atoms with Gasteiger partial charge in [-0.25, -0.2) is 4.39 Å². The summed E-state index contributed by atoms with van der Waals surface area (Å²) in [4.78, 5) is 0. The van der Waals surface area contributed by atoms with Crippen LogP contribution in [0.5, 0.6) is 0 Å². The predicted molar refractivity (Wildman–Crippen MR) is 75.9 cm³/mol. The molecule has 0 amide bonds. The summed E-state index contributed by atoms with van der Waals surface area (Å²) in [5.41, 5.74) is 1.61. The lowest BCUT2D eigenvalue weighted by Gasteiger charge is -2.19. The maximum absolute atomic E-state index is 13.3. The Bertz CT molecular complexity index is 587. The molecule has 0 unspecified atom stereocenters. The Kier molecular flexibility index (Phi) is 4.18. The zero-order chi connectivity index (χ0) is 14.8. The average Bonchev–Trinajstić information content (AvgIpc) is 2.79. The van der Waals surface area contributed by atoms with Gasteiger partial charge in [-0.1, -0.05) is 6.07 Å². The van der Waals surface area contributed by atoms with Crippen LogP contribution >= 0.6 is 0 Å². The molecule has 2 rings (SSSR count). The van der Waals surface area contributed by atoms with Crippen molar-refractivity contribution in [2.45, 2.75) is 39.7 Å². The van der Waals surface area contributed by atoms with Crippen LogP contribution in [-0.2, 0) is 6.42 Å². The normalized spacial score (nSPS) is 11.8. The van der Waals surface area contributed by atoms with Crippen LogP contribution in [0.1, 0.15) is 32.2 Å². The van der Waals surface area contributed by atoms with Crippen LogP contribution in [-0.4, -0.2) is 22.3 Å². The maximum Gasteiger partial charge on any atom is 0.248 e. The van der Waals surface area contributed by atoms with Gasteiger partial charge in [0, 0.05) is 24.1 Å². The predicted octanol–water partition coefficient (Wildman–Crippen LogP) is 3.11. The molecule has 1 aromatic carbocycles. The Morgan fingerprint density at radius 1 is 1.25 bits per heavy atom. The fraction of sp³-hybridized carbons (Fsp3) is 0.467. The summed E-state index contributed by atoms with van der Waals surface area (Å²) in [6.07, 6.45) is 0.651. The molecular weight excluding hydrogens is 257 g/mol. The zero-order valence-corrected chi connectivity index (χ0v) is 12.3. The lowest BCUT2D eigenvalue weighted by atomic mass is 10.1. The van der Waals surface area contributed by atoms with Crippen LogP contribution < -0.4 is 5.32 Å². The van der Waals surface area contributed by atoms with Crippen LogP contribution in [0.3, 0.4) is 0 Å². The van der Waals surface area contributed by atoms with Crippen molar-refractivity contribution in [3.8, 4) is 11.5 Å². The van der Waals surface area contributed by atoms with Crippen molar-refractivity contribution in [1.82, 2.24) is 15.5 Å². The molecule has 0 saturated heterocycles. The molecule has 0 fully saturated rings. The minimum Gasteiger partial charge on any atom is -0.421 e. The molecule has 5 heteroatoms. The summed E-state index contributed by atoms with van der Waals surface area (Å²) < 4.78 is 18.9. The molecule has 20 heavy (non-hydrogen) atoms. The first kappa shape index (κ1) is 14.7. The number of hydrogen-bond donors (Lipinski definition) is 1. The van der Waals surface area contributed by atoms with E-state index in [2.05, 4.69) is 36.3 Å². The number of aryl methyl sites for hydroxylation is 1. The molecule has 0 aliphatic carbocycles. The smallest absolute Gasteiger partial charge is 0.248 e. The minimum absolute atomic E-state index is 0.0575. The van der Waals surface area contributed by atoms with E-state index in [4.69, 9.17) is 4.42 Å². The molecule has 1 N–H and O–H groups in total. The molecular formula is C15H20FN3O. The van der Waals surface area contributed by atoms with Gasteiger partial charge in [0.2, 0.25) is 11.8 Å². The highest BCUT2D eigenvalue weighted by molar-refractivity contribution is 5.57. The second-order valence-corrected chi connectivity index (χ2v) is 5.89. The Morgan fingerprint density at radius 3 is 2.70 bits per heavy atom. The molecule has 2 aromatic rings. The molecule has 0 radical (unpaired) electrons. The van der Waals surface area contributed by atoms with Crippen molar-refractivity contribution in [3.63, 3.8) is 0 Å². The summed E-state index contributed by atoms with van der Waals surface area (Å²) >= 11 is 0. The van der Waals surface area contributed by atoms with Crippen molar-refractivity contribution in [3.05, 3.63) is 35.5 Å². The Morgan fingerprint density at radius 2 is 2.00 bits per heavy atom. The average molecular weight is 277 g/mol. The molecule has 0 spiro atoms. The number of nitrogens with zero attached hydrogens (tertiary/aromatic N) is 2. The van der Waals surface area contributed by atoms with Gasteiger partial charge in [-0.05, 0) is 45.4 Å². The third-order valence-corrected chi connectivity index (χ3v) is 2.89. The maximum atomic E-state index is 13.3. The van der Waals surface area contributed by atoms with Crippen LogP contribution in [0.2, 0.25) is 0 Å². The van der Waals surface area contributed by atoms with E-state index in [1.54, 1.807) is 6.07 Å². The van der Waals surface area contributed by atoms with Gasteiger partial charge >= 0.3 is 0 Å². The van der Waals surface area contributed by atoms with Gasteiger partial charge in [-0.3, -0.25) is 0 Å². The van der Waals surface area contributed by atoms with Gasteiger partial charge in [0.1, 0.15) is 5.82 Å². The van der Waals surface area contributed by atoms with E-state index in [0.29, 0.717) is 23.8 Å². The number of nitrogens with one attached hydrogen (secondary N) is 1. The first-order valence-corrected chi connectivity index (χ1v) is 6.69. The summed E-state index contributed by atoms with van der Waals surface area (Å²) in [5.74, 6) is 0.618. The standard InChI is InChI=1S/C15H20FN3O/c1-10-5-6-11(16)9-12(10)14-19-18-13(20-14)7-8-17-15(2,3)4/h5-6,9,17H,7-8H2,1-4H3. The highest BCUT2D eigenvalue weighted by atomic mass is 19.1. The molecule has 0 bridgehead atoms. The van der Waals surface area contributed by atoms with Gasteiger partial charge in [0.05, 0.1) is 0 Å². The number of rotatable bonds is 4. The summed E-state index contributed by atoms with van der Waals surface area (Å²) in [5, 5.41) is 11.3. The number of hydrogen-bond acceptors (Lipinski definition) is 4. The van der Waals surface area contributed by atoms with Crippen LogP contribution in [0.25, 0.3) is 11.5 Å². The fourth-order valence-corrected chi connectivity index (χ4v) is 1.83. The Hall–Kier alpha value is -1.75. The van der Waals surface area contributed by atoms with E-state index >= 15 is 0 Å². The van der Waals surface area contributed by atoms with Crippen LogP contribution in [0.15, 0.2) is 22.6 Å². The van der Waals surface area contributed by atoms with E-state index in [0.717, 1.165) is 12.1 Å². The van der Waals surface area contributed by atoms with Crippen molar-refractivity contribution in [1.29, 1.82) is 0 Å². The van der Waals surface area contributed by atoms with Gasteiger partial charge in [-0.2, -0.15) is 0 Å². The van der Waals surface area contributed by atoms with Gasteiger partial charge in [0.25, 0.3) is 0 Å².